The second-order valence-electron chi connectivity index (χ2n) is 5.38. The highest BCUT2D eigenvalue weighted by molar-refractivity contribution is 5.86. The van der Waals surface area contributed by atoms with Gasteiger partial charge in [-0.25, -0.2) is 0 Å². The first kappa shape index (κ1) is 9.95. The van der Waals surface area contributed by atoms with Crippen molar-refractivity contribution < 1.29 is 4.42 Å². The molecule has 3 rings (SSSR count). The number of rotatable bonds is 1. The SMILES string of the molecule is Cc1cc2c3c(coc3c1)CC[C@H]2C(C)C. The normalized spacial score (nSPS) is 19.6. The number of benzene rings is 1. The molecule has 0 spiro atoms. The van der Waals surface area contributed by atoms with Gasteiger partial charge in [0.15, 0.2) is 0 Å². The van der Waals surface area contributed by atoms with Crippen molar-refractivity contribution in [3.8, 4) is 0 Å². The second-order valence-corrected chi connectivity index (χ2v) is 5.38. The zero-order chi connectivity index (χ0) is 11.3. The molecule has 0 N–H and O–H groups in total. The van der Waals surface area contributed by atoms with E-state index >= 15 is 0 Å². The molecule has 1 aromatic carbocycles. The fourth-order valence-electron chi connectivity index (χ4n) is 3.05. The summed E-state index contributed by atoms with van der Waals surface area (Å²) in [7, 11) is 0. The van der Waals surface area contributed by atoms with Crippen LogP contribution in [0.1, 0.15) is 42.9 Å². The Bertz CT molecular complexity index is 534. The molecule has 1 aliphatic carbocycles. The van der Waals surface area contributed by atoms with Crippen LogP contribution in [0.25, 0.3) is 11.0 Å². The molecule has 1 aromatic heterocycles. The summed E-state index contributed by atoms with van der Waals surface area (Å²) in [5.41, 5.74) is 5.31. The Balaban J connectivity index is 2.31. The standard InChI is InChI=1S/C15H18O/c1-9(2)12-5-4-11-8-16-14-7-10(3)6-13(12)15(11)14/h6-9,12H,4-5H2,1-3H3/t12-/m0/s1. The Hall–Kier alpha value is -1.24. The Morgan fingerprint density at radius 3 is 2.88 bits per heavy atom. The van der Waals surface area contributed by atoms with E-state index in [2.05, 4.69) is 32.9 Å². The van der Waals surface area contributed by atoms with Crippen molar-refractivity contribution in [1.29, 1.82) is 0 Å². The van der Waals surface area contributed by atoms with E-state index in [1.54, 1.807) is 0 Å². The van der Waals surface area contributed by atoms with Gasteiger partial charge >= 0.3 is 0 Å². The third-order valence-electron chi connectivity index (χ3n) is 3.86. The molecule has 84 valence electrons. The number of hydrogen-bond acceptors (Lipinski definition) is 1. The van der Waals surface area contributed by atoms with Gasteiger partial charge in [0, 0.05) is 5.39 Å². The predicted octanol–water partition coefficient (Wildman–Crippen LogP) is 4.43. The van der Waals surface area contributed by atoms with Crippen LogP contribution in [0, 0.1) is 12.8 Å². The van der Waals surface area contributed by atoms with Crippen LogP contribution in [-0.2, 0) is 6.42 Å². The molecule has 1 heteroatoms. The number of hydrogen-bond donors (Lipinski definition) is 0. The predicted molar refractivity (Wildman–Crippen MR) is 66.9 cm³/mol. The molecule has 0 fully saturated rings. The Morgan fingerprint density at radius 2 is 2.12 bits per heavy atom. The van der Waals surface area contributed by atoms with Gasteiger partial charge in [-0.05, 0) is 54.4 Å². The molecule has 0 bridgehead atoms. The summed E-state index contributed by atoms with van der Waals surface area (Å²) in [6.45, 7) is 6.80. The highest BCUT2D eigenvalue weighted by atomic mass is 16.3. The van der Waals surface area contributed by atoms with Crippen LogP contribution in [0.4, 0.5) is 0 Å². The molecule has 16 heavy (non-hydrogen) atoms. The molecule has 2 aromatic rings. The summed E-state index contributed by atoms with van der Waals surface area (Å²) >= 11 is 0. The zero-order valence-corrected chi connectivity index (χ0v) is 10.2. The molecule has 0 radical (unpaired) electrons. The molecule has 0 aliphatic heterocycles. The maximum absolute atomic E-state index is 5.67. The van der Waals surface area contributed by atoms with Gasteiger partial charge in [0.05, 0.1) is 6.26 Å². The summed E-state index contributed by atoms with van der Waals surface area (Å²) in [5, 5.41) is 1.40. The molecular weight excluding hydrogens is 196 g/mol. The highest BCUT2D eigenvalue weighted by Crippen LogP contribution is 2.41. The monoisotopic (exact) mass is 214 g/mol. The molecule has 0 saturated heterocycles. The van der Waals surface area contributed by atoms with Gasteiger partial charge in [-0.3, -0.25) is 0 Å². The topological polar surface area (TPSA) is 13.1 Å². The van der Waals surface area contributed by atoms with Gasteiger partial charge in [0.1, 0.15) is 5.58 Å². The first-order valence-electron chi connectivity index (χ1n) is 6.17. The highest BCUT2D eigenvalue weighted by Gasteiger charge is 2.25. The van der Waals surface area contributed by atoms with Crippen LogP contribution in [0.5, 0.6) is 0 Å². The van der Waals surface area contributed by atoms with E-state index in [-0.39, 0.29) is 0 Å². The quantitative estimate of drug-likeness (QED) is 0.684. The van der Waals surface area contributed by atoms with E-state index in [4.69, 9.17) is 4.42 Å². The van der Waals surface area contributed by atoms with Crippen molar-refractivity contribution >= 4 is 11.0 Å². The first-order valence-corrected chi connectivity index (χ1v) is 6.17. The number of aryl methyl sites for hydroxylation is 2. The van der Waals surface area contributed by atoms with E-state index in [0.29, 0.717) is 11.8 Å². The van der Waals surface area contributed by atoms with Gasteiger partial charge in [-0.1, -0.05) is 19.9 Å². The summed E-state index contributed by atoms with van der Waals surface area (Å²) in [6, 6.07) is 4.51. The Morgan fingerprint density at radius 1 is 1.31 bits per heavy atom. The molecule has 1 nitrogen and oxygen atoms in total. The molecule has 0 saturated carbocycles. The largest absolute Gasteiger partial charge is 0.464 e. The fraction of sp³-hybridized carbons (Fsp3) is 0.467. The molecule has 1 heterocycles. The molecule has 0 unspecified atom stereocenters. The van der Waals surface area contributed by atoms with Crippen molar-refractivity contribution in [2.75, 3.05) is 0 Å². The molecule has 1 aliphatic rings. The lowest BCUT2D eigenvalue weighted by Crippen LogP contribution is -2.12. The molecule has 0 amide bonds. The molecular formula is C15H18O. The summed E-state index contributed by atoms with van der Waals surface area (Å²) in [5.74, 6) is 1.42. The van der Waals surface area contributed by atoms with Crippen LogP contribution in [-0.4, -0.2) is 0 Å². The van der Waals surface area contributed by atoms with Crippen molar-refractivity contribution in [3.63, 3.8) is 0 Å². The lowest BCUT2D eigenvalue weighted by Gasteiger charge is -2.26. The molecule has 1 atom stereocenters. The third kappa shape index (κ3) is 1.31. The van der Waals surface area contributed by atoms with Crippen LogP contribution < -0.4 is 0 Å². The van der Waals surface area contributed by atoms with E-state index < -0.39 is 0 Å². The number of furan rings is 1. The lowest BCUT2D eigenvalue weighted by atomic mass is 9.77. The van der Waals surface area contributed by atoms with Crippen molar-refractivity contribution in [2.24, 2.45) is 5.92 Å². The van der Waals surface area contributed by atoms with Gasteiger partial charge in [-0.15, -0.1) is 0 Å². The fourth-order valence-corrected chi connectivity index (χ4v) is 3.05. The maximum Gasteiger partial charge on any atom is 0.134 e. The second kappa shape index (κ2) is 3.38. The zero-order valence-electron chi connectivity index (χ0n) is 10.2. The summed E-state index contributed by atoms with van der Waals surface area (Å²) < 4.78 is 5.67. The van der Waals surface area contributed by atoms with Gasteiger partial charge < -0.3 is 4.42 Å². The van der Waals surface area contributed by atoms with Crippen LogP contribution in [0.2, 0.25) is 0 Å². The maximum atomic E-state index is 5.67. The van der Waals surface area contributed by atoms with Gasteiger partial charge in [0.25, 0.3) is 0 Å². The third-order valence-corrected chi connectivity index (χ3v) is 3.86. The Kier molecular flexibility index (Phi) is 2.10. The van der Waals surface area contributed by atoms with E-state index in [0.717, 1.165) is 5.58 Å². The van der Waals surface area contributed by atoms with E-state index in [1.165, 1.54) is 34.9 Å². The van der Waals surface area contributed by atoms with Crippen molar-refractivity contribution in [2.45, 2.75) is 39.5 Å². The minimum Gasteiger partial charge on any atom is -0.464 e. The van der Waals surface area contributed by atoms with Crippen molar-refractivity contribution in [3.05, 3.63) is 35.1 Å². The lowest BCUT2D eigenvalue weighted by molar-refractivity contribution is 0.464. The van der Waals surface area contributed by atoms with Crippen LogP contribution in [0.15, 0.2) is 22.8 Å². The minimum absolute atomic E-state index is 0.701. The summed E-state index contributed by atoms with van der Waals surface area (Å²) in [4.78, 5) is 0. The Labute approximate surface area is 96.5 Å². The van der Waals surface area contributed by atoms with Gasteiger partial charge in [-0.2, -0.15) is 0 Å². The van der Waals surface area contributed by atoms with E-state index in [1.807, 2.05) is 6.26 Å². The van der Waals surface area contributed by atoms with Gasteiger partial charge in [0.2, 0.25) is 0 Å². The van der Waals surface area contributed by atoms with Crippen molar-refractivity contribution in [1.82, 2.24) is 0 Å². The van der Waals surface area contributed by atoms with E-state index in [9.17, 15) is 0 Å². The van der Waals surface area contributed by atoms with Crippen LogP contribution in [0.3, 0.4) is 0 Å². The van der Waals surface area contributed by atoms with Crippen LogP contribution >= 0.6 is 0 Å². The average molecular weight is 214 g/mol. The minimum atomic E-state index is 0.701. The smallest absolute Gasteiger partial charge is 0.134 e. The summed E-state index contributed by atoms with van der Waals surface area (Å²) in [6.07, 6.45) is 4.39. The first-order chi connectivity index (χ1) is 7.66. The average Bonchev–Trinajstić information content (AvgIpc) is 2.62.